The fourth-order valence-electron chi connectivity index (χ4n) is 3.47. The maximum atomic E-state index is 10.1. The van der Waals surface area contributed by atoms with E-state index in [4.69, 9.17) is 18.9 Å². The van der Waals surface area contributed by atoms with E-state index in [1.54, 1.807) is 6.20 Å². The lowest BCUT2D eigenvalue weighted by atomic mass is 9.99. The normalized spacial score (nSPS) is 41.4. The first-order valence-electron chi connectivity index (χ1n) is 9.80. The third kappa shape index (κ3) is 5.37. The van der Waals surface area contributed by atoms with Gasteiger partial charge in [-0.1, -0.05) is 5.21 Å². The molecule has 2 fully saturated rings. The van der Waals surface area contributed by atoms with Crippen molar-refractivity contribution in [1.82, 2.24) is 15.0 Å². The first-order valence-corrected chi connectivity index (χ1v) is 9.80. The van der Waals surface area contributed by atoms with Gasteiger partial charge in [0.05, 0.1) is 25.5 Å². The molecule has 2 saturated heterocycles. The van der Waals surface area contributed by atoms with E-state index >= 15 is 0 Å². The van der Waals surface area contributed by atoms with Crippen molar-refractivity contribution in [3.05, 3.63) is 11.9 Å². The molecule has 1 aromatic heterocycles. The Labute approximate surface area is 177 Å². The first-order chi connectivity index (χ1) is 14.8. The molecule has 0 aliphatic carbocycles. The minimum absolute atomic E-state index is 0.0284. The highest BCUT2D eigenvalue weighted by atomic mass is 16.7. The fraction of sp³-hybridized carbons (Fsp3) is 0.882. The Balaban J connectivity index is 1.50. The SMILES string of the molecule is CO[C@H]1O[C@H](Cn2cc(CCO[C@H]3O[C@H](CO)[C@@H](O)[C@H](O)[C@@H]3O)nn2)[C@@H](O)[C@H](O)[C@H]1O. The summed E-state index contributed by atoms with van der Waals surface area (Å²) in [4.78, 5) is 0. The summed E-state index contributed by atoms with van der Waals surface area (Å²) in [5, 5.41) is 76.4. The molecule has 1 aromatic rings. The molecular weight excluding hydrogens is 422 g/mol. The van der Waals surface area contributed by atoms with Gasteiger partial charge >= 0.3 is 0 Å². The molecule has 2 aliphatic rings. The van der Waals surface area contributed by atoms with E-state index in [0.717, 1.165) is 0 Å². The number of ether oxygens (including phenoxy) is 4. The molecule has 2 aliphatic heterocycles. The molecule has 0 radical (unpaired) electrons. The zero-order valence-corrected chi connectivity index (χ0v) is 16.8. The maximum absolute atomic E-state index is 10.1. The molecule has 0 saturated carbocycles. The zero-order valence-electron chi connectivity index (χ0n) is 16.8. The molecule has 0 bridgehead atoms. The smallest absolute Gasteiger partial charge is 0.186 e. The van der Waals surface area contributed by atoms with Crippen LogP contribution in [0.15, 0.2) is 6.20 Å². The van der Waals surface area contributed by atoms with Gasteiger partial charge in [0.25, 0.3) is 0 Å². The third-order valence-corrected chi connectivity index (χ3v) is 5.34. The maximum Gasteiger partial charge on any atom is 0.186 e. The number of hydrogen-bond acceptors (Lipinski definition) is 13. The van der Waals surface area contributed by atoms with Gasteiger partial charge in [0.1, 0.15) is 48.8 Å². The lowest BCUT2D eigenvalue weighted by molar-refractivity contribution is -0.300. The van der Waals surface area contributed by atoms with Gasteiger partial charge in [-0.05, 0) is 0 Å². The summed E-state index contributed by atoms with van der Waals surface area (Å²) in [6.07, 6.45) is -11.2. The second kappa shape index (κ2) is 10.5. The topological polar surface area (TPSA) is 209 Å². The largest absolute Gasteiger partial charge is 0.394 e. The molecule has 3 heterocycles. The Morgan fingerprint density at radius 1 is 0.903 bits per heavy atom. The summed E-state index contributed by atoms with van der Waals surface area (Å²) in [5.74, 6) is 0. The Kier molecular flexibility index (Phi) is 8.28. The molecule has 0 amide bonds. The van der Waals surface area contributed by atoms with Crippen molar-refractivity contribution < 1.29 is 54.7 Å². The van der Waals surface area contributed by atoms with E-state index in [2.05, 4.69) is 10.3 Å². The Morgan fingerprint density at radius 3 is 2.16 bits per heavy atom. The lowest BCUT2D eigenvalue weighted by Crippen LogP contribution is -2.59. The minimum Gasteiger partial charge on any atom is -0.394 e. The van der Waals surface area contributed by atoms with Gasteiger partial charge < -0.3 is 54.7 Å². The Morgan fingerprint density at radius 2 is 1.52 bits per heavy atom. The van der Waals surface area contributed by atoms with Gasteiger partial charge in [0.15, 0.2) is 12.6 Å². The van der Waals surface area contributed by atoms with Crippen LogP contribution in [0.3, 0.4) is 0 Å². The lowest BCUT2D eigenvalue weighted by Gasteiger charge is -2.39. The van der Waals surface area contributed by atoms with Crippen LogP contribution in [0, 0.1) is 0 Å². The van der Waals surface area contributed by atoms with E-state index in [9.17, 15) is 35.7 Å². The second-order valence-electron chi connectivity index (χ2n) is 7.50. The summed E-state index contributed by atoms with van der Waals surface area (Å²) < 4.78 is 22.5. The van der Waals surface area contributed by atoms with Crippen molar-refractivity contribution in [2.75, 3.05) is 20.3 Å². The summed E-state index contributed by atoms with van der Waals surface area (Å²) in [6.45, 7) is -0.490. The molecule has 14 nitrogen and oxygen atoms in total. The molecule has 7 N–H and O–H groups in total. The van der Waals surface area contributed by atoms with E-state index in [-0.39, 0.29) is 19.6 Å². The van der Waals surface area contributed by atoms with Crippen molar-refractivity contribution >= 4 is 0 Å². The molecule has 178 valence electrons. The standard InChI is InChI=1S/C17H29N3O11/c1-28-16-14(26)12(24)10(22)8(30-16)5-20-4-7(18-19-20)2-3-29-17-15(27)13(25)11(23)9(6-21)31-17/h4,8-17,21-27H,2-3,5-6H2,1H3/t8-,9-,10-,11-,12+,13+,14-,15+,16+,17+/m1/s1. The molecule has 14 heteroatoms. The average molecular weight is 451 g/mol. The van der Waals surface area contributed by atoms with Crippen LogP contribution in [0.4, 0.5) is 0 Å². The number of aliphatic hydroxyl groups excluding tert-OH is 7. The zero-order chi connectivity index (χ0) is 22.7. The highest BCUT2D eigenvalue weighted by molar-refractivity contribution is 4.95. The highest BCUT2D eigenvalue weighted by Crippen LogP contribution is 2.23. The second-order valence-corrected chi connectivity index (χ2v) is 7.50. The first kappa shape index (κ1) is 24.3. The molecular formula is C17H29N3O11. The van der Waals surface area contributed by atoms with Crippen LogP contribution in [0.5, 0.6) is 0 Å². The van der Waals surface area contributed by atoms with Gasteiger partial charge in [0, 0.05) is 19.7 Å². The van der Waals surface area contributed by atoms with E-state index < -0.39 is 68.0 Å². The van der Waals surface area contributed by atoms with Crippen LogP contribution in [0.25, 0.3) is 0 Å². The van der Waals surface area contributed by atoms with Crippen LogP contribution < -0.4 is 0 Å². The van der Waals surface area contributed by atoms with Crippen molar-refractivity contribution in [2.24, 2.45) is 0 Å². The summed E-state index contributed by atoms with van der Waals surface area (Å²) in [7, 11) is 1.30. The number of aromatic nitrogens is 3. The van der Waals surface area contributed by atoms with Crippen LogP contribution in [-0.2, 0) is 31.9 Å². The molecule has 31 heavy (non-hydrogen) atoms. The fourth-order valence-corrected chi connectivity index (χ4v) is 3.47. The number of nitrogens with zero attached hydrogens (tertiary/aromatic N) is 3. The van der Waals surface area contributed by atoms with Crippen LogP contribution >= 0.6 is 0 Å². The van der Waals surface area contributed by atoms with E-state index in [1.165, 1.54) is 11.8 Å². The van der Waals surface area contributed by atoms with Crippen LogP contribution in [0.2, 0.25) is 0 Å². The van der Waals surface area contributed by atoms with Gasteiger partial charge in [-0.15, -0.1) is 5.10 Å². The molecule has 0 aromatic carbocycles. The van der Waals surface area contributed by atoms with Gasteiger partial charge in [-0.3, -0.25) is 0 Å². The number of rotatable bonds is 8. The number of methoxy groups -OCH3 is 1. The number of aliphatic hydroxyl groups is 7. The monoisotopic (exact) mass is 451 g/mol. The molecule has 10 atom stereocenters. The van der Waals surface area contributed by atoms with Crippen molar-refractivity contribution in [1.29, 1.82) is 0 Å². The Bertz CT molecular complexity index is 690. The number of hydrogen-bond donors (Lipinski definition) is 7. The van der Waals surface area contributed by atoms with Crippen LogP contribution in [0.1, 0.15) is 5.69 Å². The minimum atomic E-state index is -1.52. The predicted molar refractivity (Wildman–Crippen MR) is 97.1 cm³/mol. The van der Waals surface area contributed by atoms with Crippen molar-refractivity contribution in [3.8, 4) is 0 Å². The van der Waals surface area contributed by atoms with Crippen LogP contribution in [-0.4, -0.2) is 132 Å². The van der Waals surface area contributed by atoms with Gasteiger partial charge in [0.2, 0.25) is 0 Å². The average Bonchev–Trinajstić information content (AvgIpc) is 3.21. The summed E-state index contributed by atoms with van der Waals surface area (Å²) >= 11 is 0. The molecule has 3 rings (SSSR count). The van der Waals surface area contributed by atoms with Gasteiger partial charge in [-0.25, -0.2) is 4.68 Å². The van der Waals surface area contributed by atoms with E-state index in [1.807, 2.05) is 0 Å². The van der Waals surface area contributed by atoms with E-state index in [0.29, 0.717) is 5.69 Å². The summed E-state index contributed by atoms with van der Waals surface area (Å²) in [5.41, 5.74) is 0.499. The van der Waals surface area contributed by atoms with Crippen molar-refractivity contribution in [2.45, 2.75) is 74.4 Å². The molecule has 0 unspecified atom stereocenters. The summed E-state index contributed by atoms with van der Waals surface area (Å²) in [6, 6.07) is 0. The van der Waals surface area contributed by atoms with Gasteiger partial charge in [-0.2, -0.15) is 0 Å². The molecule has 0 spiro atoms. The predicted octanol–water partition coefficient (Wildman–Crippen LogP) is -4.91. The van der Waals surface area contributed by atoms with Crippen molar-refractivity contribution in [3.63, 3.8) is 0 Å². The quantitative estimate of drug-likeness (QED) is 0.198. The Hall–Kier alpha value is -1.30. The highest BCUT2D eigenvalue weighted by Gasteiger charge is 2.45. The third-order valence-electron chi connectivity index (χ3n) is 5.34.